The fraction of sp³-hybridized carbons (Fsp3) is 0.0800. The first-order valence-electron chi connectivity index (χ1n) is 9.34. The van der Waals surface area contributed by atoms with Crippen molar-refractivity contribution < 1.29 is 22.7 Å². The first kappa shape index (κ1) is 20.7. The van der Waals surface area contributed by atoms with Crippen LogP contribution in [0.3, 0.4) is 0 Å². The third-order valence-corrected chi connectivity index (χ3v) is 5.52. The highest BCUT2D eigenvalue weighted by molar-refractivity contribution is 7.14. The van der Waals surface area contributed by atoms with Gasteiger partial charge in [-0.1, -0.05) is 54.3 Å². The summed E-state index contributed by atoms with van der Waals surface area (Å²) in [6.07, 6.45) is -4.42. The van der Waals surface area contributed by atoms with Crippen molar-refractivity contribution in [1.82, 2.24) is 0 Å². The molecule has 0 unspecified atom stereocenters. The number of fused-ring (bicyclic) bond motifs is 1. The van der Waals surface area contributed by atoms with Crippen molar-refractivity contribution in [3.8, 4) is 17.6 Å². The van der Waals surface area contributed by atoms with E-state index in [1.807, 2.05) is 42.5 Å². The van der Waals surface area contributed by atoms with Gasteiger partial charge in [0.1, 0.15) is 5.75 Å². The monoisotopic (exact) mass is 436 g/mol. The number of rotatable bonds is 4. The first-order chi connectivity index (χ1) is 14.9. The minimum Gasteiger partial charge on any atom is -0.406 e. The number of halogens is 3. The van der Waals surface area contributed by atoms with E-state index in [2.05, 4.69) is 16.6 Å². The van der Waals surface area contributed by atoms with Crippen molar-refractivity contribution in [3.63, 3.8) is 0 Å². The minimum atomic E-state index is -4.72. The molecule has 0 saturated heterocycles. The van der Waals surface area contributed by atoms with Gasteiger partial charge < -0.3 is 4.74 Å². The summed E-state index contributed by atoms with van der Waals surface area (Å²) in [7, 11) is 0. The van der Waals surface area contributed by atoms with Crippen molar-refractivity contribution in [3.05, 3.63) is 99.7 Å². The molecule has 1 aromatic heterocycles. The molecule has 31 heavy (non-hydrogen) atoms. The molecule has 4 rings (SSSR count). The second-order valence-corrected chi connectivity index (χ2v) is 7.85. The van der Waals surface area contributed by atoms with Crippen molar-refractivity contribution in [2.45, 2.75) is 12.8 Å². The van der Waals surface area contributed by atoms with Crippen LogP contribution in [0, 0.1) is 11.8 Å². The number of thiophene rings is 1. The van der Waals surface area contributed by atoms with E-state index in [0.717, 1.165) is 16.3 Å². The van der Waals surface area contributed by atoms with Crippen LogP contribution < -0.4 is 4.74 Å². The molecule has 0 aliphatic carbocycles. The molecule has 0 fully saturated rings. The number of hydrogen-bond donors (Lipinski definition) is 0. The summed E-state index contributed by atoms with van der Waals surface area (Å²) in [4.78, 5) is 14.0. The van der Waals surface area contributed by atoms with Gasteiger partial charge >= 0.3 is 6.36 Å². The van der Waals surface area contributed by atoms with E-state index in [-0.39, 0.29) is 11.5 Å². The molecule has 6 heteroatoms. The summed E-state index contributed by atoms with van der Waals surface area (Å²) in [5.74, 6) is 5.55. The fourth-order valence-electron chi connectivity index (χ4n) is 3.05. The lowest BCUT2D eigenvalue weighted by Crippen LogP contribution is -2.16. The normalized spacial score (nSPS) is 11.1. The van der Waals surface area contributed by atoms with Crippen LogP contribution >= 0.6 is 11.3 Å². The molecule has 0 aliphatic heterocycles. The van der Waals surface area contributed by atoms with E-state index in [0.29, 0.717) is 21.7 Å². The van der Waals surface area contributed by atoms with Gasteiger partial charge in [-0.2, -0.15) is 0 Å². The lowest BCUT2D eigenvalue weighted by molar-refractivity contribution is -0.274. The molecular formula is C25H15F3O2S. The topological polar surface area (TPSA) is 26.3 Å². The lowest BCUT2D eigenvalue weighted by atomic mass is 10.0. The van der Waals surface area contributed by atoms with Crippen LogP contribution in [0.15, 0.2) is 78.9 Å². The lowest BCUT2D eigenvalue weighted by Gasteiger charge is -2.07. The average Bonchev–Trinajstić information content (AvgIpc) is 3.21. The van der Waals surface area contributed by atoms with Gasteiger partial charge in [0.2, 0.25) is 0 Å². The Hall–Kier alpha value is -3.56. The van der Waals surface area contributed by atoms with E-state index < -0.39 is 6.36 Å². The number of benzene rings is 3. The summed E-state index contributed by atoms with van der Waals surface area (Å²) in [6.45, 7) is 0. The third kappa shape index (κ3) is 5.53. The van der Waals surface area contributed by atoms with Gasteiger partial charge in [0.15, 0.2) is 5.78 Å². The smallest absolute Gasteiger partial charge is 0.406 e. The van der Waals surface area contributed by atoms with Crippen LogP contribution in [0.2, 0.25) is 0 Å². The highest BCUT2D eigenvalue weighted by Crippen LogP contribution is 2.23. The molecule has 3 aromatic carbocycles. The van der Waals surface area contributed by atoms with E-state index in [1.165, 1.54) is 35.6 Å². The van der Waals surface area contributed by atoms with Crippen LogP contribution in [0.4, 0.5) is 13.2 Å². The summed E-state index contributed by atoms with van der Waals surface area (Å²) in [6, 6.07) is 22.8. The number of carbonyl (C=O) groups excluding carboxylic acids is 1. The van der Waals surface area contributed by atoms with Gasteiger partial charge in [-0.15, -0.1) is 24.5 Å². The van der Waals surface area contributed by atoms with Gasteiger partial charge in [-0.25, -0.2) is 0 Å². The third-order valence-electron chi connectivity index (χ3n) is 4.48. The Bertz CT molecular complexity index is 1290. The van der Waals surface area contributed by atoms with Crippen molar-refractivity contribution >= 4 is 27.9 Å². The Morgan fingerprint density at radius 2 is 1.61 bits per heavy atom. The number of Topliss-reactive ketones (excluding diaryl/α,β-unsaturated/α-hetero) is 1. The molecule has 1 heterocycles. The Morgan fingerprint density at radius 3 is 2.35 bits per heavy atom. The zero-order chi connectivity index (χ0) is 21.8. The van der Waals surface area contributed by atoms with Crippen LogP contribution in [-0.2, 0) is 6.42 Å². The van der Waals surface area contributed by atoms with Crippen molar-refractivity contribution in [1.29, 1.82) is 0 Å². The van der Waals surface area contributed by atoms with E-state index >= 15 is 0 Å². The van der Waals surface area contributed by atoms with Gasteiger partial charge in [-0.3, -0.25) is 4.79 Å². The molecular weight excluding hydrogens is 421 g/mol. The second kappa shape index (κ2) is 8.66. The standard InChI is InChI=1S/C25H15F3O2S/c26-25(27,28)30-21-10-6-17(7-11-21)8-12-22-13-14-24(31-22)23(29)16-18-5-9-19-3-1-2-4-20(19)15-18/h1-7,9-11,13-15H,16H2. The van der Waals surface area contributed by atoms with Crippen LogP contribution in [0.25, 0.3) is 10.8 Å². The highest BCUT2D eigenvalue weighted by Gasteiger charge is 2.30. The predicted molar refractivity (Wildman–Crippen MR) is 115 cm³/mol. The van der Waals surface area contributed by atoms with E-state index in [1.54, 1.807) is 12.1 Å². The van der Waals surface area contributed by atoms with Gasteiger partial charge in [0, 0.05) is 12.0 Å². The molecule has 0 aliphatic rings. The average molecular weight is 436 g/mol. The summed E-state index contributed by atoms with van der Waals surface area (Å²) in [5, 5.41) is 2.22. The molecule has 0 N–H and O–H groups in total. The summed E-state index contributed by atoms with van der Waals surface area (Å²) in [5.41, 5.74) is 1.50. The molecule has 0 radical (unpaired) electrons. The summed E-state index contributed by atoms with van der Waals surface area (Å²) >= 11 is 1.30. The molecule has 0 spiro atoms. The molecule has 0 saturated carbocycles. The molecule has 0 bridgehead atoms. The molecule has 0 amide bonds. The molecule has 154 valence electrons. The van der Waals surface area contributed by atoms with E-state index in [4.69, 9.17) is 0 Å². The Balaban J connectivity index is 1.42. The van der Waals surface area contributed by atoms with Crippen LogP contribution in [0.5, 0.6) is 5.75 Å². The number of hydrogen-bond acceptors (Lipinski definition) is 3. The second-order valence-electron chi connectivity index (χ2n) is 6.77. The summed E-state index contributed by atoms with van der Waals surface area (Å²) < 4.78 is 40.5. The number of ether oxygens (including phenoxy) is 1. The van der Waals surface area contributed by atoms with Gasteiger partial charge in [0.25, 0.3) is 0 Å². The van der Waals surface area contributed by atoms with Crippen LogP contribution in [0.1, 0.15) is 25.7 Å². The maximum absolute atomic E-state index is 12.6. The Morgan fingerprint density at radius 1 is 0.871 bits per heavy atom. The van der Waals surface area contributed by atoms with E-state index in [9.17, 15) is 18.0 Å². The van der Waals surface area contributed by atoms with Gasteiger partial charge in [-0.05, 0) is 52.7 Å². The number of ketones is 1. The largest absolute Gasteiger partial charge is 0.573 e. The number of alkyl halides is 3. The predicted octanol–water partition coefficient (Wildman–Crippen LogP) is 6.63. The van der Waals surface area contributed by atoms with Gasteiger partial charge in [0.05, 0.1) is 9.75 Å². The molecule has 2 nitrogen and oxygen atoms in total. The number of carbonyl (C=O) groups is 1. The Labute approximate surface area is 180 Å². The Kier molecular flexibility index (Phi) is 5.79. The van der Waals surface area contributed by atoms with Crippen molar-refractivity contribution in [2.75, 3.05) is 0 Å². The molecule has 4 aromatic rings. The molecule has 0 atom stereocenters. The first-order valence-corrected chi connectivity index (χ1v) is 10.2. The maximum Gasteiger partial charge on any atom is 0.573 e. The maximum atomic E-state index is 12.6. The zero-order valence-corrected chi connectivity index (χ0v) is 16.9. The zero-order valence-electron chi connectivity index (χ0n) is 16.1. The van der Waals surface area contributed by atoms with Crippen LogP contribution in [-0.4, -0.2) is 12.1 Å². The SMILES string of the molecule is O=C(Cc1ccc2ccccc2c1)c1ccc(C#Cc2ccc(OC(F)(F)F)cc2)s1. The fourth-order valence-corrected chi connectivity index (χ4v) is 3.85. The highest BCUT2D eigenvalue weighted by atomic mass is 32.1. The van der Waals surface area contributed by atoms with Crippen molar-refractivity contribution in [2.24, 2.45) is 0 Å². The minimum absolute atomic E-state index is 0.0157. The quantitative estimate of drug-likeness (QED) is 0.265.